The van der Waals surface area contributed by atoms with Gasteiger partial charge >= 0.3 is 11.9 Å². The van der Waals surface area contributed by atoms with Gasteiger partial charge in [-0.2, -0.15) is 0 Å². The van der Waals surface area contributed by atoms with Crippen molar-refractivity contribution in [1.29, 1.82) is 0 Å². The lowest BCUT2D eigenvalue weighted by atomic mass is 10.0. The molecule has 1 fully saturated rings. The number of aliphatic hydroxyl groups excluding tert-OH is 1. The van der Waals surface area contributed by atoms with E-state index in [0.717, 1.165) is 18.6 Å². The molecular formula is C30H42O6Si. The van der Waals surface area contributed by atoms with E-state index in [-0.39, 0.29) is 31.3 Å². The summed E-state index contributed by atoms with van der Waals surface area (Å²) >= 11 is 0. The first-order valence-corrected chi connectivity index (χ1v) is 16.8. The maximum absolute atomic E-state index is 11.3. The molecule has 7 heteroatoms. The minimum absolute atomic E-state index is 0.00444. The number of esters is 2. The van der Waals surface area contributed by atoms with Crippen molar-refractivity contribution in [2.24, 2.45) is 11.8 Å². The van der Waals surface area contributed by atoms with Gasteiger partial charge in [0.25, 0.3) is 0 Å². The van der Waals surface area contributed by atoms with Crippen molar-refractivity contribution in [3.05, 3.63) is 48.5 Å². The second-order valence-corrected chi connectivity index (χ2v) is 15.6. The number of hydrogen-bond donors (Lipinski definition) is 1. The van der Waals surface area contributed by atoms with Crippen molar-refractivity contribution in [3.63, 3.8) is 0 Å². The molecule has 2 aromatic rings. The first-order chi connectivity index (χ1) is 17.8. The third kappa shape index (κ3) is 9.40. The molecule has 2 aromatic carbocycles. The van der Waals surface area contributed by atoms with Crippen molar-refractivity contribution >= 4 is 25.2 Å². The molecule has 1 saturated heterocycles. The van der Waals surface area contributed by atoms with Gasteiger partial charge in [-0.25, -0.2) is 0 Å². The van der Waals surface area contributed by atoms with Crippen LogP contribution >= 0.6 is 0 Å². The van der Waals surface area contributed by atoms with Gasteiger partial charge in [-0.05, 0) is 36.1 Å². The molecule has 3 rings (SSSR count). The van der Waals surface area contributed by atoms with E-state index < -0.39 is 20.0 Å². The maximum atomic E-state index is 11.3. The van der Waals surface area contributed by atoms with Gasteiger partial charge in [-0.3, -0.25) is 9.59 Å². The van der Waals surface area contributed by atoms with Gasteiger partial charge in [0.2, 0.25) is 0 Å². The standard InChI is InChI=1S/C30H42O6Si/c1-4-5-17-37(2,3)28-14-10-26(11-15-28)25-8-12-27(13-9-25)35-16-6-7-23(20-31)21-34-22-24-18-29(32)36-30(33)19-24/h8-15,23-24,31H,4-7,16-22H2,1-3H3. The van der Waals surface area contributed by atoms with Crippen molar-refractivity contribution in [2.75, 3.05) is 26.4 Å². The number of cyclic esters (lactones) is 2. The number of carbonyl (C=O) groups excluding carboxylic acids is 2. The van der Waals surface area contributed by atoms with Crippen LogP contribution in [0.4, 0.5) is 0 Å². The zero-order valence-corrected chi connectivity index (χ0v) is 23.5. The Labute approximate surface area is 222 Å². The third-order valence-electron chi connectivity index (χ3n) is 7.14. The van der Waals surface area contributed by atoms with Crippen molar-refractivity contribution in [1.82, 2.24) is 0 Å². The average molecular weight is 527 g/mol. The fourth-order valence-electron chi connectivity index (χ4n) is 4.68. The van der Waals surface area contributed by atoms with E-state index in [1.54, 1.807) is 0 Å². The highest BCUT2D eigenvalue weighted by atomic mass is 28.3. The molecule has 6 nitrogen and oxygen atoms in total. The highest BCUT2D eigenvalue weighted by molar-refractivity contribution is 6.89. The van der Waals surface area contributed by atoms with E-state index in [9.17, 15) is 14.7 Å². The van der Waals surface area contributed by atoms with E-state index in [1.165, 1.54) is 35.2 Å². The third-order valence-corrected chi connectivity index (χ3v) is 10.6. The Kier molecular flexibility index (Phi) is 11.4. The molecule has 0 aromatic heterocycles. The predicted molar refractivity (Wildman–Crippen MR) is 149 cm³/mol. The number of carbonyl (C=O) groups is 2. The van der Waals surface area contributed by atoms with E-state index in [4.69, 9.17) is 9.47 Å². The van der Waals surface area contributed by atoms with Crippen LogP contribution in [0.15, 0.2) is 48.5 Å². The second-order valence-electron chi connectivity index (χ2n) is 10.8. The molecule has 1 heterocycles. The Morgan fingerprint density at radius 3 is 2.19 bits per heavy atom. The molecule has 1 N–H and O–H groups in total. The zero-order valence-electron chi connectivity index (χ0n) is 22.5. The molecule has 0 bridgehead atoms. The SMILES string of the molecule is CCCC[Si](C)(C)c1ccc(-c2ccc(OCCCC(CO)COCC3CC(=O)OC(=O)C3)cc2)cc1. The monoisotopic (exact) mass is 526 g/mol. The summed E-state index contributed by atoms with van der Waals surface area (Å²) in [6.45, 7) is 8.47. The average Bonchev–Trinajstić information content (AvgIpc) is 2.89. The lowest BCUT2D eigenvalue weighted by Gasteiger charge is -2.23. The van der Waals surface area contributed by atoms with Gasteiger partial charge < -0.3 is 19.3 Å². The van der Waals surface area contributed by atoms with Crippen LogP contribution in [0, 0.1) is 11.8 Å². The van der Waals surface area contributed by atoms with Gasteiger partial charge in [-0.15, -0.1) is 0 Å². The van der Waals surface area contributed by atoms with E-state index >= 15 is 0 Å². The van der Waals surface area contributed by atoms with E-state index in [1.807, 2.05) is 12.1 Å². The Balaban J connectivity index is 1.38. The number of rotatable bonds is 15. The van der Waals surface area contributed by atoms with Gasteiger partial charge in [0.1, 0.15) is 5.75 Å². The number of benzene rings is 2. The predicted octanol–water partition coefficient (Wildman–Crippen LogP) is 5.33. The molecule has 0 radical (unpaired) electrons. The largest absolute Gasteiger partial charge is 0.494 e. The number of unbranched alkanes of at least 4 members (excludes halogenated alkanes) is 1. The summed E-state index contributed by atoms with van der Waals surface area (Å²) in [5.41, 5.74) is 2.40. The van der Waals surface area contributed by atoms with Crippen molar-refractivity contribution in [3.8, 4) is 16.9 Å². The Morgan fingerprint density at radius 2 is 1.59 bits per heavy atom. The summed E-state index contributed by atoms with van der Waals surface area (Å²) in [7, 11) is -1.36. The Bertz CT molecular complexity index is 970. The van der Waals surface area contributed by atoms with Crippen LogP contribution in [0.1, 0.15) is 45.4 Å². The summed E-state index contributed by atoms with van der Waals surface area (Å²) in [6, 6.07) is 18.6. The normalized spacial score (nSPS) is 15.5. The maximum Gasteiger partial charge on any atom is 0.313 e. The molecule has 1 aliphatic rings. The zero-order chi connectivity index (χ0) is 26.7. The topological polar surface area (TPSA) is 82.1 Å². The second kappa shape index (κ2) is 14.5. The molecule has 0 saturated carbocycles. The van der Waals surface area contributed by atoms with E-state index in [2.05, 4.69) is 61.2 Å². The van der Waals surface area contributed by atoms with Gasteiger partial charge in [-0.1, -0.05) is 80.5 Å². The molecule has 1 unspecified atom stereocenters. The molecule has 0 aliphatic carbocycles. The van der Waals surface area contributed by atoms with E-state index in [0.29, 0.717) is 19.8 Å². The first-order valence-electron chi connectivity index (χ1n) is 13.6. The Morgan fingerprint density at radius 1 is 0.973 bits per heavy atom. The number of ether oxygens (including phenoxy) is 3. The molecule has 1 aliphatic heterocycles. The number of aliphatic hydroxyl groups is 1. The lowest BCUT2D eigenvalue weighted by molar-refractivity contribution is -0.166. The molecule has 0 amide bonds. The quantitative estimate of drug-likeness (QED) is 0.146. The highest BCUT2D eigenvalue weighted by Crippen LogP contribution is 2.24. The molecule has 0 spiro atoms. The van der Waals surface area contributed by atoms with Crippen LogP contribution in [0.5, 0.6) is 5.75 Å². The smallest absolute Gasteiger partial charge is 0.313 e. The molecular weight excluding hydrogens is 484 g/mol. The highest BCUT2D eigenvalue weighted by Gasteiger charge is 2.27. The van der Waals surface area contributed by atoms with Gasteiger partial charge in [0, 0.05) is 18.4 Å². The first kappa shape index (κ1) is 29.1. The summed E-state index contributed by atoms with van der Waals surface area (Å²) in [5, 5.41) is 11.2. The summed E-state index contributed by atoms with van der Waals surface area (Å²) < 4.78 is 16.1. The molecule has 37 heavy (non-hydrogen) atoms. The van der Waals surface area contributed by atoms with Crippen LogP contribution in [-0.2, 0) is 19.1 Å². The van der Waals surface area contributed by atoms with Crippen molar-refractivity contribution < 1.29 is 28.9 Å². The van der Waals surface area contributed by atoms with Crippen LogP contribution in [-0.4, -0.2) is 51.5 Å². The van der Waals surface area contributed by atoms with Crippen LogP contribution in [0.25, 0.3) is 11.1 Å². The fraction of sp³-hybridized carbons (Fsp3) is 0.533. The van der Waals surface area contributed by atoms with Gasteiger partial charge in [0.15, 0.2) is 0 Å². The Hall–Kier alpha value is -2.48. The molecule has 202 valence electrons. The summed E-state index contributed by atoms with van der Waals surface area (Å²) in [6.07, 6.45) is 4.52. The van der Waals surface area contributed by atoms with Gasteiger partial charge in [0.05, 0.1) is 40.7 Å². The summed E-state index contributed by atoms with van der Waals surface area (Å²) in [5.74, 6) is -0.295. The minimum Gasteiger partial charge on any atom is -0.494 e. The minimum atomic E-state index is -1.36. The number of hydrogen-bond acceptors (Lipinski definition) is 6. The lowest BCUT2D eigenvalue weighted by Crippen LogP contribution is -2.40. The van der Waals surface area contributed by atoms with Crippen LogP contribution in [0.2, 0.25) is 19.1 Å². The van der Waals surface area contributed by atoms with Crippen LogP contribution < -0.4 is 9.92 Å². The van der Waals surface area contributed by atoms with Crippen LogP contribution in [0.3, 0.4) is 0 Å². The summed E-state index contributed by atoms with van der Waals surface area (Å²) in [4.78, 5) is 22.7. The fourth-order valence-corrected chi connectivity index (χ4v) is 7.28. The van der Waals surface area contributed by atoms with Crippen molar-refractivity contribution in [2.45, 2.75) is 64.6 Å². The molecule has 1 atom stereocenters.